The standard InChI is InChI=1S/C14H23NO3/c1-11-5-7-13(8-6-11)18-10-12(2)15-9-14(16-3)17-4/h5-8,12,14-15H,9-10H2,1-4H3. The van der Waals surface area contributed by atoms with Crippen LogP contribution in [0.3, 0.4) is 0 Å². The smallest absolute Gasteiger partial charge is 0.169 e. The third kappa shape index (κ3) is 5.49. The van der Waals surface area contributed by atoms with Gasteiger partial charge in [-0.15, -0.1) is 0 Å². The van der Waals surface area contributed by atoms with Crippen molar-refractivity contribution in [3.05, 3.63) is 29.8 Å². The number of ether oxygens (including phenoxy) is 3. The second kappa shape index (κ2) is 8.08. The molecule has 0 amide bonds. The van der Waals surface area contributed by atoms with E-state index in [1.165, 1.54) is 5.56 Å². The predicted octanol–water partition coefficient (Wildman–Crippen LogP) is 1.97. The number of hydrogen-bond donors (Lipinski definition) is 1. The van der Waals surface area contributed by atoms with Crippen LogP contribution < -0.4 is 10.1 Å². The fraction of sp³-hybridized carbons (Fsp3) is 0.571. The number of nitrogens with one attached hydrogen (secondary N) is 1. The topological polar surface area (TPSA) is 39.7 Å². The van der Waals surface area contributed by atoms with Crippen LogP contribution in [0.2, 0.25) is 0 Å². The van der Waals surface area contributed by atoms with E-state index in [-0.39, 0.29) is 12.3 Å². The highest BCUT2D eigenvalue weighted by Gasteiger charge is 2.08. The Labute approximate surface area is 109 Å². The fourth-order valence-electron chi connectivity index (χ4n) is 1.47. The molecule has 4 heteroatoms. The molecule has 1 N–H and O–H groups in total. The van der Waals surface area contributed by atoms with Crippen molar-refractivity contribution in [3.63, 3.8) is 0 Å². The highest BCUT2D eigenvalue weighted by atomic mass is 16.7. The van der Waals surface area contributed by atoms with Crippen LogP contribution in [0.4, 0.5) is 0 Å². The van der Waals surface area contributed by atoms with E-state index in [1.54, 1.807) is 14.2 Å². The largest absolute Gasteiger partial charge is 0.492 e. The Balaban J connectivity index is 2.24. The van der Waals surface area contributed by atoms with Crippen molar-refractivity contribution in [2.45, 2.75) is 26.2 Å². The molecule has 0 radical (unpaired) electrons. The zero-order valence-corrected chi connectivity index (χ0v) is 11.6. The summed E-state index contributed by atoms with van der Waals surface area (Å²) in [6, 6.07) is 8.28. The summed E-state index contributed by atoms with van der Waals surface area (Å²) >= 11 is 0. The second-order valence-corrected chi connectivity index (χ2v) is 4.33. The highest BCUT2D eigenvalue weighted by molar-refractivity contribution is 5.26. The monoisotopic (exact) mass is 253 g/mol. The molecule has 4 nitrogen and oxygen atoms in total. The minimum atomic E-state index is -0.216. The van der Waals surface area contributed by atoms with E-state index in [9.17, 15) is 0 Å². The van der Waals surface area contributed by atoms with Crippen LogP contribution in [0, 0.1) is 6.92 Å². The van der Waals surface area contributed by atoms with Crippen molar-refractivity contribution in [2.24, 2.45) is 0 Å². The van der Waals surface area contributed by atoms with Gasteiger partial charge in [-0.25, -0.2) is 0 Å². The molecule has 18 heavy (non-hydrogen) atoms. The van der Waals surface area contributed by atoms with Gasteiger partial charge in [0.15, 0.2) is 6.29 Å². The lowest BCUT2D eigenvalue weighted by Gasteiger charge is -2.19. The molecule has 0 spiro atoms. The molecule has 0 heterocycles. The van der Waals surface area contributed by atoms with E-state index in [4.69, 9.17) is 14.2 Å². The van der Waals surface area contributed by atoms with E-state index < -0.39 is 0 Å². The third-order valence-corrected chi connectivity index (χ3v) is 2.68. The minimum absolute atomic E-state index is 0.216. The summed E-state index contributed by atoms with van der Waals surface area (Å²) in [5.41, 5.74) is 1.23. The lowest BCUT2D eigenvalue weighted by molar-refractivity contribution is -0.1000. The Hall–Kier alpha value is -1.10. The van der Waals surface area contributed by atoms with E-state index >= 15 is 0 Å². The number of rotatable bonds is 8. The summed E-state index contributed by atoms with van der Waals surface area (Å²) in [5.74, 6) is 0.893. The summed E-state index contributed by atoms with van der Waals surface area (Å²) in [6.07, 6.45) is -0.216. The molecule has 102 valence electrons. The molecule has 1 unspecified atom stereocenters. The van der Waals surface area contributed by atoms with Crippen LogP contribution >= 0.6 is 0 Å². The van der Waals surface area contributed by atoms with Gasteiger partial charge >= 0.3 is 0 Å². The molecule has 1 aromatic carbocycles. The van der Waals surface area contributed by atoms with Gasteiger partial charge in [0.1, 0.15) is 12.4 Å². The fourth-order valence-corrected chi connectivity index (χ4v) is 1.47. The van der Waals surface area contributed by atoms with Crippen molar-refractivity contribution in [3.8, 4) is 5.75 Å². The molecule has 0 aliphatic rings. The zero-order valence-electron chi connectivity index (χ0n) is 11.6. The van der Waals surface area contributed by atoms with Crippen molar-refractivity contribution < 1.29 is 14.2 Å². The third-order valence-electron chi connectivity index (χ3n) is 2.68. The maximum absolute atomic E-state index is 5.68. The first-order valence-electron chi connectivity index (χ1n) is 6.14. The van der Waals surface area contributed by atoms with Crippen LogP contribution in [-0.2, 0) is 9.47 Å². The Kier molecular flexibility index (Phi) is 6.72. The van der Waals surface area contributed by atoms with Gasteiger partial charge < -0.3 is 19.5 Å². The molecule has 0 fully saturated rings. The average molecular weight is 253 g/mol. The molecule has 0 aliphatic carbocycles. The molecule has 1 aromatic rings. The Bertz CT molecular complexity index is 322. The first-order valence-corrected chi connectivity index (χ1v) is 6.14. The Morgan fingerprint density at radius 3 is 2.28 bits per heavy atom. The summed E-state index contributed by atoms with van der Waals surface area (Å²) in [4.78, 5) is 0. The highest BCUT2D eigenvalue weighted by Crippen LogP contribution is 2.11. The zero-order chi connectivity index (χ0) is 13.4. The quantitative estimate of drug-likeness (QED) is 0.719. The second-order valence-electron chi connectivity index (χ2n) is 4.33. The van der Waals surface area contributed by atoms with E-state index in [2.05, 4.69) is 19.2 Å². The Morgan fingerprint density at radius 1 is 1.11 bits per heavy atom. The predicted molar refractivity (Wildman–Crippen MR) is 71.9 cm³/mol. The molecule has 0 aliphatic heterocycles. The van der Waals surface area contributed by atoms with Crippen molar-refractivity contribution in [1.82, 2.24) is 5.32 Å². The summed E-state index contributed by atoms with van der Waals surface area (Å²) in [5, 5.41) is 3.29. The SMILES string of the molecule is COC(CNC(C)COc1ccc(C)cc1)OC. The number of benzene rings is 1. The maximum atomic E-state index is 5.68. The molecule has 0 aromatic heterocycles. The molecular formula is C14H23NO3. The molecular weight excluding hydrogens is 230 g/mol. The van der Waals surface area contributed by atoms with Gasteiger partial charge in [-0.05, 0) is 26.0 Å². The van der Waals surface area contributed by atoms with Gasteiger partial charge in [0.05, 0.1) is 0 Å². The van der Waals surface area contributed by atoms with Gasteiger partial charge in [-0.1, -0.05) is 17.7 Å². The van der Waals surface area contributed by atoms with E-state index in [0.29, 0.717) is 13.2 Å². The van der Waals surface area contributed by atoms with Crippen LogP contribution in [0.25, 0.3) is 0 Å². The van der Waals surface area contributed by atoms with Gasteiger partial charge in [-0.2, -0.15) is 0 Å². The van der Waals surface area contributed by atoms with Gasteiger partial charge in [-0.3, -0.25) is 0 Å². The first-order chi connectivity index (χ1) is 8.65. The lowest BCUT2D eigenvalue weighted by Crippen LogP contribution is -2.38. The molecule has 0 bridgehead atoms. The van der Waals surface area contributed by atoms with E-state index in [1.807, 2.05) is 24.3 Å². The van der Waals surface area contributed by atoms with Crippen molar-refractivity contribution in [1.29, 1.82) is 0 Å². The van der Waals surface area contributed by atoms with Crippen LogP contribution in [0.5, 0.6) is 5.75 Å². The van der Waals surface area contributed by atoms with Crippen LogP contribution in [0.15, 0.2) is 24.3 Å². The normalized spacial score (nSPS) is 12.7. The van der Waals surface area contributed by atoms with Crippen LogP contribution in [0.1, 0.15) is 12.5 Å². The van der Waals surface area contributed by atoms with Crippen molar-refractivity contribution >= 4 is 0 Å². The van der Waals surface area contributed by atoms with Crippen LogP contribution in [-0.4, -0.2) is 39.7 Å². The van der Waals surface area contributed by atoms with Gasteiger partial charge in [0.2, 0.25) is 0 Å². The molecule has 1 rings (SSSR count). The van der Waals surface area contributed by atoms with Gasteiger partial charge in [0.25, 0.3) is 0 Å². The first kappa shape index (κ1) is 15.0. The number of methoxy groups -OCH3 is 2. The minimum Gasteiger partial charge on any atom is -0.492 e. The lowest BCUT2D eigenvalue weighted by atomic mass is 10.2. The molecule has 0 saturated heterocycles. The maximum Gasteiger partial charge on any atom is 0.169 e. The number of aryl methyl sites for hydroxylation is 1. The number of hydrogen-bond acceptors (Lipinski definition) is 4. The summed E-state index contributed by atoms with van der Waals surface area (Å²) in [7, 11) is 3.26. The van der Waals surface area contributed by atoms with Gasteiger partial charge in [0, 0.05) is 26.8 Å². The van der Waals surface area contributed by atoms with E-state index in [0.717, 1.165) is 5.75 Å². The van der Waals surface area contributed by atoms with Crippen molar-refractivity contribution in [2.75, 3.05) is 27.4 Å². The summed E-state index contributed by atoms with van der Waals surface area (Å²) in [6.45, 7) is 5.38. The average Bonchev–Trinajstić information content (AvgIpc) is 2.39. The molecule has 0 saturated carbocycles. The molecule has 1 atom stereocenters. The summed E-state index contributed by atoms with van der Waals surface area (Å²) < 4.78 is 15.9. The Morgan fingerprint density at radius 2 is 1.72 bits per heavy atom.